The fraction of sp³-hybridized carbons (Fsp3) is 0.875. The third kappa shape index (κ3) is 3.26. The van der Waals surface area contributed by atoms with Gasteiger partial charge in [-0.15, -0.1) is 0 Å². The van der Waals surface area contributed by atoms with Crippen molar-refractivity contribution in [1.29, 1.82) is 0 Å². The molecule has 5 nitrogen and oxygen atoms in total. The van der Waals surface area contributed by atoms with Crippen LogP contribution in [-0.4, -0.2) is 26.7 Å². The summed E-state index contributed by atoms with van der Waals surface area (Å²) in [7, 11) is -3.48. The highest BCUT2D eigenvalue weighted by atomic mass is 32.2. The predicted molar refractivity (Wildman–Crippen MR) is 50.9 cm³/mol. The van der Waals surface area contributed by atoms with Gasteiger partial charge in [-0.05, 0) is 12.8 Å². The number of sulfonamides is 1. The second-order valence-corrected chi connectivity index (χ2v) is 5.56. The number of primary sulfonamides is 1. The Kier molecular flexibility index (Phi) is 3.16. The fourth-order valence-corrected chi connectivity index (χ4v) is 2.91. The zero-order chi connectivity index (χ0) is 10.8. The van der Waals surface area contributed by atoms with Gasteiger partial charge in [-0.1, -0.05) is 6.42 Å². The third-order valence-corrected chi connectivity index (χ3v) is 3.52. The first-order valence-corrected chi connectivity index (χ1v) is 6.18. The van der Waals surface area contributed by atoms with E-state index >= 15 is 0 Å². The third-order valence-electron chi connectivity index (χ3n) is 2.50. The van der Waals surface area contributed by atoms with E-state index in [0.717, 1.165) is 19.3 Å². The molecule has 1 rings (SSSR count). The van der Waals surface area contributed by atoms with Crippen LogP contribution in [0.1, 0.15) is 26.2 Å². The Hall–Kier alpha value is -0.620. The van der Waals surface area contributed by atoms with Gasteiger partial charge in [-0.2, -0.15) is 0 Å². The Morgan fingerprint density at radius 2 is 2.07 bits per heavy atom. The zero-order valence-electron chi connectivity index (χ0n) is 8.15. The summed E-state index contributed by atoms with van der Waals surface area (Å²) in [6.45, 7) is 1.47. The Bertz CT molecular complexity index is 318. The molecule has 1 aliphatic carbocycles. The molecule has 0 atom stereocenters. The lowest BCUT2D eigenvalue weighted by atomic mass is 9.71. The van der Waals surface area contributed by atoms with Gasteiger partial charge < -0.3 is 4.74 Å². The van der Waals surface area contributed by atoms with Crippen molar-refractivity contribution in [2.24, 2.45) is 10.6 Å². The average molecular weight is 221 g/mol. The predicted octanol–water partition coefficient (Wildman–Crippen LogP) is 0.00830. The molecule has 82 valence electrons. The van der Waals surface area contributed by atoms with Crippen molar-refractivity contribution in [2.75, 3.05) is 12.4 Å². The topological polar surface area (TPSA) is 86.5 Å². The van der Waals surface area contributed by atoms with E-state index in [4.69, 9.17) is 9.88 Å². The van der Waals surface area contributed by atoms with Crippen LogP contribution in [0.15, 0.2) is 0 Å². The van der Waals surface area contributed by atoms with E-state index in [1.54, 1.807) is 0 Å². The van der Waals surface area contributed by atoms with E-state index in [-0.39, 0.29) is 18.3 Å². The van der Waals surface area contributed by atoms with Gasteiger partial charge in [-0.3, -0.25) is 4.79 Å². The van der Waals surface area contributed by atoms with Crippen LogP contribution in [0.25, 0.3) is 0 Å². The summed E-state index contributed by atoms with van der Waals surface area (Å²) < 4.78 is 26.7. The van der Waals surface area contributed by atoms with Crippen molar-refractivity contribution in [3.05, 3.63) is 0 Å². The average Bonchev–Trinajstić information content (AvgIpc) is 1.92. The number of ether oxygens (including phenoxy) is 1. The summed E-state index contributed by atoms with van der Waals surface area (Å²) in [6, 6.07) is 0. The highest BCUT2D eigenvalue weighted by Gasteiger charge is 2.41. The van der Waals surface area contributed by atoms with Gasteiger partial charge in [0, 0.05) is 12.3 Å². The maximum absolute atomic E-state index is 10.9. The zero-order valence-corrected chi connectivity index (χ0v) is 8.97. The van der Waals surface area contributed by atoms with Crippen LogP contribution in [0.4, 0.5) is 0 Å². The van der Waals surface area contributed by atoms with Crippen molar-refractivity contribution >= 4 is 16.0 Å². The van der Waals surface area contributed by atoms with Crippen LogP contribution in [0, 0.1) is 5.41 Å². The molecule has 1 aliphatic rings. The molecule has 0 heterocycles. The smallest absolute Gasteiger partial charge is 0.302 e. The molecule has 1 saturated carbocycles. The molecule has 0 unspecified atom stereocenters. The Labute approximate surface area is 83.7 Å². The lowest BCUT2D eigenvalue weighted by Crippen LogP contribution is -2.43. The van der Waals surface area contributed by atoms with Gasteiger partial charge in [0.05, 0.1) is 12.4 Å². The largest absolute Gasteiger partial charge is 0.465 e. The maximum Gasteiger partial charge on any atom is 0.302 e. The Morgan fingerprint density at radius 1 is 1.50 bits per heavy atom. The normalized spacial score (nSPS) is 19.9. The Morgan fingerprint density at radius 3 is 2.36 bits per heavy atom. The van der Waals surface area contributed by atoms with Crippen molar-refractivity contribution in [1.82, 2.24) is 0 Å². The van der Waals surface area contributed by atoms with Gasteiger partial charge in [-0.25, -0.2) is 13.6 Å². The van der Waals surface area contributed by atoms with E-state index in [1.165, 1.54) is 6.92 Å². The van der Waals surface area contributed by atoms with Crippen LogP contribution >= 0.6 is 0 Å². The first-order chi connectivity index (χ1) is 6.33. The molecule has 0 spiro atoms. The molecule has 14 heavy (non-hydrogen) atoms. The molecule has 0 aromatic carbocycles. The second kappa shape index (κ2) is 3.86. The molecule has 1 fully saturated rings. The molecule has 2 N–H and O–H groups in total. The molecule has 0 radical (unpaired) electrons. The number of hydrogen-bond acceptors (Lipinski definition) is 4. The SMILES string of the molecule is CC(=O)OCC1(CS(N)(=O)=O)CCC1. The second-order valence-electron chi connectivity index (χ2n) is 3.94. The number of esters is 1. The van der Waals surface area contributed by atoms with Crippen molar-refractivity contribution in [2.45, 2.75) is 26.2 Å². The van der Waals surface area contributed by atoms with Crippen LogP contribution in [0.3, 0.4) is 0 Å². The molecule has 0 amide bonds. The fourth-order valence-electron chi connectivity index (χ4n) is 1.69. The minimum absolute atomic E-state index is 0.0900. The van der Waals surface area contributed by atoms with E-state index in [2.05, 4.69) is 0 Å². The lowest BCUT2D eigenvalue weighted by Gasteiger charge is -2.40. The molecule has 6 heteroatoms. The number of carbonyl (C=O) groups excluding carboxylic acids is 1. The first kappa shape index (κ1) is 11.5. The number of carbonyl (C=O) groups is 1. The standard InChI is InChI=1S/C8H15NO4S/c1-7(10)13-5-8(3-2-4-8)6-14(9,11)12/h2-6H2,1H3,(H2,9,11,12). The number of nitrogens with two attached hydrogens (primary N) is 1. The van der Waals surface area contributed by atoms with Crippen LogP contribution in [0.5, 0.6) is 0 Å². The lowest BCUT2D eigenvalue weighted by molar-refractivity contribution is -0.146. The van der Waals surface area contributed by atoms with Gasteiger partial charge in [0.1, 0.15) is 0 Å². The van der Waals surface area contributed by atoms with E-state index < -0.39 is 15.4 Å². The highest BCUT2D eigenvalue weighted by molar-refractivity contribution is 7.89. The molecular formula is C8H15NO4S. The van der Waals surface area contributed by atoms with Crippen LogP contribution in [-0.2, 0) is 19.6 Å². The minimum Gasteiger partial charge on any atom is -0.465 e. The van der Waals surface area contributed by atoms with Crippen molar-refractivity contribution < 1.29 is 17.9 Å². The van der Waals surface area contributed by atoms with Gasteiger partial charge in [0.15, 0.2) is 0 Å². The molecule has 0 aromatic heterocycles. The summed E-state index contributed by atoms with van der Waals surface area (Å²) in [5.74, 6) is -0.474. The maximum atomic E-state index is 10.9. The van der Waals surface area contributed by atoms with Crippen molar-refractivity contribution in [3.8, 4) is 0 Å². The highest BCUT2D eigenvalue weighted by Crippen LogP contribution is 2.41. The molecule has 0 aromatic rings. The number of rotatable bonds is 4. The monoisotopic (exact) mass is 221 g/mol. The minimum atomic E-state index is -3.48. The molecular weight excluding hydrogens is 206 g/mol. The van der Waals surface area contributed by atoms with Gasteiger partial charge in [0.25, 0.3) is 0 Å². The quantitative estimate of drug-likeness (QED) is 0.677. The van der Waals surface area contributed by atoms with Crippen LogP contribution in [0.2, 0.25) is 0 Å². The van der Waals surface area contributed by atoms with E-state index in [1.807, 2.05) is 0 Å². The van der Waals surface area contributed by atoms with Gasteiger partial charge in [0.2, 0.25) is 10.0 Å². The molecule has 0 aliphatic heterocycles. The summed E-state index contributed by atoms with van der Waals surface area (Å²) in [5.41, 5.74) is -0.417. The summed E-state index contributed by atoms with van der Waals surface area (Å²) in [6.07, 6.45) is 2.49. The summed E-state index contributed by atoms with van der Waals surface area (Å²) >= 11 is 0. The van der Waals surface area contributed by atoms with E-state index in [9.17, 15) is 13.2 Å². The summed E-state index contributed by atoms with van der Waals surface area (Å²) in [4.78, 5) is 10.6. The summed E-state index contributed by atoms with van der Waals surface area (Å²) in [5, 5.41) is 4.97. The molecule has 0 bridgehead atoms. The first-order valence-electron chi connectivity index (χ1n) is 4.47. The van der Waals surface area contributed by atoms with Gasteiger partial charge >= 0.3 is 5.97 Å². The van der Waals surface area contributed by atoms with Crippen LogP contribution < -0.4 is 5.14 Å². The van der Waals surface area contributed by atoms with Crippen molar-refractivity contribution in [3.63, 3.8) is 0 Å². The number of hydrogen-bond donors (Lipinski definition) is 1. The Balaban J connectivity index is 2.54. The molecule has 0 saturated heterocycles. The van der Waals surface area contributed by atoms with E-state index in [0.29, 0.717) is 0 Å².